The van der Waals surface area contributed by atoms with Gasteiger partial charge in [0.25, 0.3) is 11.8 Å². The molecule has 0 aliphatic heterocycles. The van der Waals surface area contributed by atoms with E-state index >= 15 is 0 Å². The first-order valence-electron chi connectivity index (χ1n) is 9.98. The molecule has 0 spiro atoms. The predicted molar refractivity (Wildman–Crippen MR) is 122 cm³/mol. The van der Waals surface area contributed by atoms with Crippen LogP contribution in [0, 0.1) is 0 Å². The van der Waals surface area contributed by atoms with E-state index in [2.05, 4.69) is 27.5 Å². The SMILES string of the molecule is CCCSc1ncc(Cl)c(C(=O)Nc2sc3c(c2C(=O)NCc2ccco2)CCC3)n1. The molecule has 3 aromatic rings. The van der Waals surface area contributed by atoms with Crippen LogP contribution in [0.15, 0.2) is 34.2 Å². The van der Waals surface area contributed by atoms with E-state index in [1.54, 1.807) is 18.4 Å². The molecule has 0 atom stereocenters. The molecular formula is C21H21ClN4O3S2. The second-order valence-corrected chi connectivity index (χ2v) is 9.55. The Kier molecular flexibility index (Phi) is 6.94. The first-order valence-corrected chi connectivity index (χ1v) is 12.2. The second kappa shape index (κ2) is 9.84. The minimum atomic E-state index is -0.453. The fourth-order valence-electron chi connectivity index (χ4n) is 3.34. The number of hydrogen-bond acceptors (Lipinski definition) is 7. The average Bonchev–Trinajstić information content (AvgIpc) is 3.49. The number of amides is 2. The second-order valence-electron chi connectivity index (χ2n) is 6.98. The summed E-state index contributed by atoms with van der Waals surface area (Å²) in [5.41, 5.74) is 1.62. The number of aryl methyl sites for hydroxylation is 1. The van der Waals surface area contributed by atoms with Crippen molar-refractivity contribution in [1.29, 1.82) is 0 Å². The average molecular weight is 477 g/mol. The Bertz CT molecular complexity index is 1100. The Morgan fingerprint density at radius 3 is 2.97 bits per heavy atom. The van der Waals surface area contributed by atoms with Crippen LogP contribution in [-0.4, -0.2) is 27.5 Å². The number of thiophene rings is 1. The lowest BCUT2D eigenvalue weighted by molar-refractivity contribution is 0.0948. The van der Waals surface area contributed by atoms with Gasteiger partial charge in [0, 0.05) is 10.6 Å². The van der Waals surface area contributed by atoms with Crippen molar-refractivity contribution in [2.24, 2.45) is 0 Å². The molecule has 7 nitrogen and oxygen atoms in total. The predicted octanol–water partition coefficient (Wildman–Crippen LogP) is 4.96. The van der Waals surface area contributed by atoms with Gasteiger partial charge in [-0.2, -0.15) is 0 Å². The van der Waals surface area contributed by atoms with Crippen LogP contribution in [0.25, 0.3) is 0 Å². The summed E-state index contributed by atoms with van der Waals surface area (Å²) >= 11 is 9.10. The van der Waals surface area contributed by atoms with Gasteiger partial charge in [-0.1, -0.05) is 30.3 Å². The molecule has 1 aliphatic carbocycles. The molecule has 1 aliphatic rings. The Morgan fingerprint density at radius 2 is 2.19 bits per heavy atom. The van der Waals surface area contributed by atoms with Gasteiger partial charge in [0.2, 0.25) is 0 Å². The first kappa shape index (κ1) is 21.9. The van der Waals surface area contributed by atoms with Gasteiger partial charge in [0.15, 0.2) is 10.9 Å². The van der Waals surface area contributed by atoms with E-state index in [0.717, 1.165) is 41.9 Å². The van der Waals surface area contributed by atoms with Crippen LogP contribution >= 0.6 is 34.7 Å². The van der Waals surface area contributed by atoms with Crippen molar-refractivity contribution in [3.8, 4) is 0 Å². The van der Waals surface area contributed by atoms with Crippen molar-refractivity contribution in [2.45, 2.75) is 44.3 Å². The zero-order valence-corrected chi connectivity index (χ0v) is 19.3. The molecule has 162 valence electrons. The van der Waals surface area contributed by atoms with E-state index in [4.69, 9.17) is 16.0 Å². The van der Waals surface area contributed by atoms with Crippen LogP contribution < -0.4 is 10.6 Å². The van der Waals surface area contributed by atoms with Crippen molar-refractivity contribution in [1.82, 2.24) is 15.3 Å². The number of hydrogen-bond donors (Lipinski definition) is 2. The minimum Gasteiger partial charge on any atom is -0.467 e. The van der Waals surface area contributed by atoms with Crippen LogP contribution in [0.3, 0.4) is 0 Å². The number of thioether (sulfide) groups is 1. The lowest BCUT2D eigenvalue weighted by Crippen LogP contribution is -2.25. The highest BCUT2D eigenvalue weighted by molar-refractivity contribution is 7.99. The summed E-state index contributed by atoms with van der Waals surface area (Å²) in [4.78, 5) is 35.6. The molecule has 0 bridgehead atoms. The maximum Gasteiger partial charge on any atom is 0.276 e. The topological polar surface area (TPSA) is 97.1 Å². The van der Waals surface area contributed by atoms with E-state index in [1.165, 1.54) is 29.3 Å². The lowest BCUT2D eigenvalue weighted by atomic mass is 10.1. The quantitative estimate of drug-likeness (QED) is 0.352. The Morgan fingerprint density at radius 1 is 1.32 bits per heavy atom. The molecule has 0 radical (unpaired) electrons. The minimum absolute atomic E-state index is 0.103. The number of fused-ring (bicyclic) bond motifs is 1. The fraction of sp³-hybridized carbons (Fsp3) is 0.333. The molecule has 0 aromatic carbocycles. The number of rotatable bonds is 8. The van der Waals surface area contributed by atoms with Gasteiger partial charge in [0.1, 0.15) is 10.8 Å². The Labute approximate surface area is 193 Å². The van der Waals surface area contributed by atoms with Crippen molar-refractivity contribution in [3.63, 3.8) is 0 Å². The third-order valence-electron chi connectivity index (χ3n) is 4.75. The molecule has 0 saturated carbocycles. The highest BCUT2D eigenvalue weighted by atomic mass is 35.5. The summed E-state index contributed by atoms with van der Waals surface area (Å²) in [5, 5.41) is 6.94. The van der Waals surface area contributed by atoms with Crippen LogP contribution in [0.5, 0.6) is 0 Å². The van der Waals surface area contributed by atoms with Crippen molar-refractivity contribution < 1.29 is 14.0 Å². The van der Waals surface area contributed by atoms with Crippen LogP contribution in [0.2, 0.25) is 5.02 Å². The van der Waals surface area contributed by atoms with Gasteiger partial charge in [-0.25, -0.2) is 9.97 Å². The van der Waals surface area contributed by atoms with Gasteiger partial charge in [-0.15, -0.1) is 11.3 Å². The number of nitrogens with one attached hydrogen (secondary N) is 2. The monoisotopic (exact) mass is 476 g/mol. The van der Waals surface area contributed by atoms with E-state index in [-0.39, 0.29) is 23.2 Å². The first-order chi connectivity index (χ1) is 15.1. The molecule has 31 heavy (non-hydrogen) atoms. The number of carbonyl (C=O) groups is 2. The van der Waals surface area contributed by atoms with Gasteiger partial charge in [-0.05, 0) is 43.4 Å². The molecule has 2 N–H and O–H groups in total. The summed E-state index contributed by atoms with van der Waals surface area (Å²) in [6.07, 6.45) is 6.69. The van der Waals surface area contributed by atoms with Crippen molar-refractivity contribution >= 4 is 51.5 Å². The smallest absolute Gasteiger partial charge is 0.276 e. The Hall–Kier alpha value is -2.36. The number of anilines is 1. The molecular weight excluding hydrogens is 456 g/mol. The van der Waals surface area contributed by atoms with Gasteiger partial charge < -0.3 is 15.1 Å². The standard InChI is InChI=1S/C21H21ClN4O3S2/c1-2-9-30-21-24-11-14(22)17(25-21)19(28)26-20-16(13-6-3-7-15(13)31-20)18(27)23-10-12-5-4-8-29-12/h4-5,8,11H,2-3,6-7,9-10H2,1H3,(H,23,27)(H,26,28). The van der Waals surface area contributed by atoms with E-state index < -0.39 is 5.91 Å². The number of furan rings is 1. The van der Waals surface area contributed by atoms with Crippen LogP contribution in [0.4, 0.5) is 5.00 Å². The zero-order valence-electron chi connectivity index (χ0n) is 16.9. The number of nitrogens with zero attached hydrogens (tertiary/aromatic N) is 2. The maximum absolute atomic E-state index is 13.0. The molecule has 0 unspecified atom stereocenters. The van der Waals surface area contributed by atoms with E-state index in [9.17, 15) is 9.59 Å². The molecule has 10 heteroatoms. The van der Waals surface area contributed by atoms with Gasteiger partial charge in [-0.3, -0.25) is 9.59 Å². The van der Waals surface area contributed by atoms with Crippen molar-refractivity contribution in [3.05, 3.63) is 57.1 Å². The third-order valence-corrected chi connectivity index (χ3v) is 7.30. The maximum atomic E-state index is 13.0. The van der Waals surface area contributed by atoms with E-state index in [0.29, 0.717) is 21.5 Å². The molecule has 0 fully saturated rings. The molecule has 0 saturated heterocycles. The molecule has 2 amide bonds. The van der Waals surface area contributed by atoms with Crippen LogP contribution in [0.1, 0.15) is 56.8 Å². The van der Waals surface area contributed by atoms with Gasteiger partial charge >= 0.3 is 0 Å². The highest BCUT2D eigenvalue weighted by Crippen LogP contribution is 2.39. The molecule has 3 aromatic heterocycles. The summed E-state index contributed by atoms with van der Waals surface area (Å²) in [5.74, 6) is 0.820. The van der Waals surface area contributed by atoms with Gasteiger partial charge in [0.05, 0.1) is 29.6 Å². The largest absolute Gasteiger partial charge is 0.467 e. The number of halogens is 1. The summed E-state index contributed by atoms with van der Waals surface area (Å²) in [7, 11) is 0. The molecule has 3 heterocycles. The van der Waals surface area contributed by atoms with Crippen LogP contribution in [-0.2, 0) is 19.4 Å². The highest BCUT2D eigenvalue weighted by Gasteiger charge is 2.28. The van der Waals surface area contributed by atoms with Crippen molar-refractivity contribution in [2.75, 3.05) is 11.1 Å². The zero-order chi connectivity index (χ0) is 21.8. The Balaban J connectivity index is 1.56. The lowest BCUT2D eigenvalue weighted by Gasteiger charge is -2.10. The summed E-state index contributed by atoms with van der Waals surface area (Å²) in [6.45, 7) is 2.34. The van der Waals surface area contributed by atoms with E-state index in [1.807, 2.05) is 0 Å². The molecule has 4 rings (SSSR count). The third kappa shape index (κ3) is 4.94. The fourth-order valence-corrected chi connectivity index (χ4v) is 5.47. The normalized spacial score (nSPS) is 12.6. The summed E-state index contributed by atoms with van der Waals surface area (Å²) < 4.78 is 5.29. The summed E-state index contributed by atoms with van der Waals surface area (Å²) in [6, 6.07) is 3.57. The number of aromatic nitrogens is 2. The number of carbonyl (C=O) groups excluding carboxylic acids is 2.